The van der Waals surface area contributed by atoms with E-state index in [-0.39, 0.29) is 0 Å². The van der Waals surface area contributed by atoms with E-state index in [1.165, 1.54) is 24.8 Å². The number of nitrogen functional groups attached to an aromatic ring is 1. The van der Waals surface area contributed by atoms with Crippen molar-refractivity contribution in [1.29, 1.82) is 0 Å². The molecule has 0 saturated carbocycles. The summed E-state index contributed by atoms with van der Waals surface area (Å²) in [6, 6.07) is 8.36. The molecule has 18 heavy (non-hydrogen) atoms. The number of nitrogens with one attached hydrogen (secondary N) is 1. The molecule has 0 unspecified atom stereocenters. The Labute approximate surface area is 108 Å². The van der Waals surface area contributed by atoms with Crippen LogP contribution >= 0.6 is 0 Å². The Bertz CT molecular complexity index is 508. The van der Waals surface area contributed by atoms with Gasteiger partial charge in [-0.25, -0.2) is 4.98 Å². The van der Waals surface area contributed by atoms with Crippen LogP contribution in [-0.4, -0.2) is 11.5 Å². The summed E-state index contributed by atoms with van der Waals surface area (Å²) in [7, 11) is 0. The summed E-state index contributed by atoms with van der Waals surface area (Å²) < 4.78 is 0. The van der Waals surface area contributed by atoms with Crippen molar-refractivity contribution >= 4 is 16.6 Å². The van der Waals surface area contributed by atoms with E-state index in [2.05, 4.69) is 35.4 Å². The second kappa shape index (κ2) is 6.36. The second-order valence-electron chi connectivity index (χ2n) is 4.64. The Hall–Kier alpha value is -1.61. The second-order valence-corrected chi connectivity index (χ2v) is 4.64. The van der Waals surface area contributed by atoms with Crippen LogP contribution in [0.15, 0.2) is 30.5 Å². The summed E-state index contributed by atoms with van der Waals surface area (Å²) in [6.45, 7) is 4.23. The van der Waals surface area contributed by atoms with Crippen LogP contribution in [0.3, 0.4) is 0 Å². The van der Waals surface area contributed by atoms with Crippen molar-refractivity contribution in [2.45, 2.75) is 32.7 Å². The molecule has 1 aromatic carbocycles. The highest BCUT2D eigenvalue weighted by molar-refractivity contribution is 5.91. The van der Waals surface area contributed by atoms with E-state index in [4.69, 9.17) is 5.73 Å². The molecule has 0 spiro atoms. The molecule has 0 atom stereocenters. The van der Waals surface area contributed by atoms with E-state index < -0.39 is 0 Å². The monoisotopic (exact) mass is 243 g/mol. The Kier molecular flexibility index (Phi) is 4.53. The number of nitrogens with zero attached hydrogens (tertiary/aromatic N) is 1. The van der Waals surface area contributed by atoms with E-state index in [0.29, 0.717) is 5.82 Å². The van der Waals surface area contributed by atoms with Crippen molar-refractivity contribution in [2.24, 2.45) is 0 Å². The van der Waals surface area contributed by atoms with Crippen molar-refractivity contribution in [1.82, 2.24) is 10.3 Å². The van der Waals surface area contributed by atoms with Gasteiger partial charge in [-0.1, -0.05) is 31.9 Å². The lowest BCUT2D eigenvalue weighted by molar-refractivity contribution is 0.617. The van der Waals surface area contributed by atoms with Gasteiger partial charge in [0.1, 0.15) is 5.82 Å². The molecule has 2 aromatic rings. The molecule has 0 aliphatic rings. The molecule has 1 heterocycles. The van der Waals surface area contributed by atoms with Crippen LogP contribution < -0.4 is 11.1 Å². The van der Waals surface area contributed by atoms with E-state index in [0.717, 1.165) is 23.9 Å². The van der Waals surface area contributed by atoms with Gasteiger partial charge in [0.25, 0.3) is 0 Å². The molecule has 1 aromatic heterocycles. The van der Waals surface area contributed by atoms with Gasteiger partial charge >= 0.3 is 0 Å². The quantitative estimate of drug-likeness (QED) is 0.766. The molecule has 0 fully saturated rings. The van der Waals surface area contributed by atoms with Gasteiger partial charge in [0.2, 0.25) is 0 Å². The number of fused-ring (bicyclic) bond motifs is 1. The number of rotatable bonds is 6. The lowest BCUT2D eigenvalue weighted by Gasteiger charge is -2.06. The summed E-state index contributed by atoms with van der Waals surface area (Å²) in [4.78, 5) is 4.10. The molecule has 96 valence electrons. The zero-order valence-electron chi connectivity index (χ0n) is 10.9. The Morgan fingerprint density at radius 2 is 2.11 bits per heavy atom. The molecule has 0 saturated heterocycles. The van der Waals surface area contributed by atoms with Crippen molar-refractivity contribution in [3.05, 3.63) is 36.0 Å². The third kappa shape index (κ3) is 3.20. The van der Waals surface area contributed by atoms with Gasteiger partial charge in [-0.3, -0.25) is 0 Å². The molecule has 3 heteroatoms. The lowest BCUT2D eigenvalue weighted by atomic mass is 10.1. The molecule has 0 amide bonds. The van der Waals surface area contributed by atoms with Crippen molar-refractivity contribution < 1.29 is 0 Å². The Balaban J connectivity index is 1.98. The van der Waals surface area contributed by atoms with E-state index in [1.54, 1.807) is 6.20 Å². The van der Waals surface area contributed by atoms with Crippen LogP contribution in [0.2, 0.25) is 0 Å². The number of nitrogens with two attached hydrogens (primary N) is 1. The fourth-order valence-electron chi connectivity index (χ4n) is 2.09. The van der Waals surface area contributed by atoms with Crippen LogP contribution in [0.1, 0.15) is 31.7 Å². The largest absolute Gasteiger partial charge is 0.383 e. The fourth-order valence-corrected chi connectivity index (χ4v) is 2.09. The fraction of sp³-hybridized carbons (Fsp3) is 0.400. The summed E-state index contributed by atoms with van der Waals surface area (Å²) >= 11 is 0. The van der Waals surface area contributed by atoms with Gasteiger partial charge in [0.15, 0.2) is 0 Å². The van der Waals surface area contributed by atoms with Crippen molar-refractivity contribution in [3.63, 3.8) is 0 Å². The van der Waals surface area contributed by atoms with Crippen LogP contribution in [0.25, 0.3) is 10.8 Å². The minimum Gasteiger partial charge on any atom is -0.383 e. The van der Waals surface area contributed by atoms with Crippen LogP contribution in [0, 0.1) is 0 Å². The highest BCUT2D eigenvalue weighted by atomic mass is 14.8. The zero-order valence-corrected chi connectivity index (χ0v) is 10.9. The molecule has 0 aliphatic heterocycles. The number of hydrogen-bond donors (Lipinski definition) is 2. The van der Waals surface area contributed by atoms with E-state index in [9.17, 15) is 0 Å². The minimum atomic E-state index is 0.606. The molecule has 0 aliphatic carbocycles. The van der Waals surface area contributed by atoms with Gasteiger partial charge in [0, 0.05) is 18.1 Å². The first-order valence-electron chi connectivity index (χ1n) is 6.65. The Morgan fingerprint density at radius 3 is 2.94 bits per heavy atom. The standard InChI is InChI=1S/C15H21N3/c1-2-3-4-8-17-11-12-5-6-14-13(10-12)7-9-18-15(14)16/h5-7,9-10,17H,2-4,8,11H2,1H3,(H2,16,18). The highest BCUT2D eigenvalue weighted by Crippen LogP contribution is 2.19. The summed E-state index contributed by atoms with van der Waals surface area (Å²) in [5.74, 6) is 0.606. The minimum absolute atomic E-state index is 0.606. The predicted octanol–water partition coefficient (Wildman–Crippen LogP) is 3.10. The maximum Gasteiger partial charge on any atom is 0.131 e. The smallest absolute Gasteiger partial charge is 0.131 e. The van der Waals surface area contributed by atoms with Gasteiger partial charge in [-0.15, -0.1) is 0 Å². The summed E-state index contributed by atoms with van der Waals surface area (Å²) in [5, 5.41) is 5.67. The average molecular weight is 243 g/mol. The molecule has 3 N–H and O–H groups in total. The highest BCUT2D eigenvalue weighted by Gasteiger charge is 2.00. The van der Waals surface area contributed by atoms with Gasteiger partial charge < -0.3 is 11.1 Å². The number of hydrogen-bond acceptors (Lipinski definition) is 3. The number of anilines is 1. The topological polar surface area (TPSA) is 50.9 Å². The molecule has 0 bridgehead atoms. The van der Waals surface area contributed by atoms with Crippen LogP contribution in [0.4, 0.5) is 5.82 Å². The number of unbranched alkanes of at least 4 members (excludes halogenated alkanes) is 2. The van der Waals surface area contributed by atoms with Gasteiger partial charge in [-0.05, 0) is 36.0 Å². The van der Waals surface area contributed by atoms with E-state index in [1.807, 2.05) is 6.07 Å². The number of pyridine rings is 1. The Morgan fingerprint density at radius 1 is 1.22 bits per heavy atom. The first-order valence-corrected chi connectivity index (χ1v) is 6.65. The maximum atomic E-state index is 5.83. The molecular formula is C15H21N3. The predicted molar refractivity (Wildman–Crippen MR) is 77.4 cm³/mol. The summed E-state index contributed by atoms with van der Waals surface area (Å²) in [6.07, 6.45) is 5.58. The lowest BCUT2D eigenvalue weighted by Crippen LogP contribution is -2.14. The van der Waals surface area contributed by atoms with Crippen molar-refractivity contribution in [3.8, 4) is 0 Å². The normalized spacial score (nSPS) is 10.9. The first-order chi connectivity index (χ1) is 8.81. The average Bonchev–Trinajstić information content (AvgIpc) is 2.39. The third-order valence-corrected chi connectivity index (χ3v) is 3.15. The third-order valence-electron chi connectivity index (χ3n) is 3.15. The molecule has 0 radical (unpaired) electrons. The van der Waals surface area contributed by atoms with E-state index >= 15 is 0 Å². The molecule has 3 nitrogen and oxygen atoms in total. The zero-order chi connectivity index (χ0) is 12.8. The SMILES string of the molecule is CCCCCNCc1ccc2c(N)nccc2c1. The van der Waals surface area contributed by atoms with Crippen LogP contribution in [0.5, 0.6) is 0 Å². The van der Waals surface area contributed by atoms with Crippen molar-refractivity contribution in [2.75, 3.05) is 12.3 Å². The number of aromatic nitrogens is 1. The van der Waals surface area contributed by atoms with Crippen LogP contribution in [-0.2, 0) is 6.54 Å². The van der Waals surface area contributed by atoms with Gasteiger partial charge in [-0.2, -0.15) is 0 Å². The molecular weight excluding hydrogens is 222 g/mol. The molecule has 2 rings (SSSR count). The summed E-state index contributed by atoms with van der Waals surface area (Å²) in [5.41, 5.74) is 7.13. The number of benzene rings is 1. The maximum absolute atomic E-state index is 5.83. The van der Waals surface area contributed by atoms with Gasteiger partial charge in [0.05, 0.1) is 0 Å². The first kappa shape index (κ1) is 12.8.